The SMILES string of the molecule is Cc1ccnc2c1[C@@H](N)CC2. The van der Waals surface area contributed by atoms with E-state index in [0.717, 1.165) is 12.8 Å². The number of pyridine rings is 1. The van der Waals surface area contributed by atoms with Gasteiger partial charge in [0, 0.05) is 17.9 Å². The van der Waals surface area contributed by atoms with Crippen LogP contribution in [-0.2, 0) is 6.42 Å². The third-order valence-corrected chi connectivity index (χ3v) is 2.35. The largest absolute Gasteiger partial charge is 0.324 e. The van der Waals surface area contributed by atoms with Crippen molar-refractivity contribution in [2.75, 3.05) is 0 Å². The highest BCUT2D eigenvalue weighted by atomic mass is 14.7. The van der Waals surface area contributed by atoms with E-state index in [1.54, 1.807) is 0 Å². The molecule has 0 aromatic carbocycles. The smallest absolute Gasteiger partial charge is 0.0454 e. The highest BCUT2D eigenvalue weighted by Crippen LogP contribution is 2.29. The molecule has 0 aliphatic heterocycles. The predicted molar refractivity (Wildman–Crippen MR) is 44.2 cm³/mol. The van der Waals surface area contributed by atoms with Crippen LogP contribution < -0.4 is 5.73 Å². The Morgan fingerprint density at radius 1 is 1.64 bits per heavy atom. The summed E-state index contributed by atoms with van der Waals surface area (Å²) in [5.74, 6) is 0. The van der Waals surface area contributed by atoms with Gasteiger partial charge in [0.1, 0.15) is 0 Å². The van der Waals surface area contributed by atoms with E-state index in [4.69, 9.17) is 5.73 Å². The number of nitrogens with zero attached hydrogens (tertiary/aromatic N) is 1. The standard InChI is InChI=1S/C9H12N2/c1-6-4-5-11-8-3-2-7(10)9(6)8/h4-5,7H,2-3,10H2,1H3/t7-/m0/s1. The Kier molecular flexibility index (Phi) is 1.43. The minimum absolute atomic E-state index is 0.235. The molecule has 0 unspecified atom stereocenters. The second-order valence-corrected chi connectivity index (χ2v) is 3.13. The number of aryl methyl sites for hydroxylation is 2. The molecule has 0 radical (unpaired) electrons. The summed E-state index contributed by atoms with van der Waals surface area (Å²) in [4.78, 5) is 4.29. The van der Waals surface area contributed by atoms with Crippen molar-refractivity contribution in [2.24, 2.45) is 5.73 Å². The van der Waals surface area contributed by atoms with Gasteiger partial charge >= 0.3 is 0 Å². The fraction of sp³-hybridized carbons (Fsp3) is 0.444. The Morgan fingerprint density at radius 3 is 3.18 bits per heavy atom. The van der Waals surface area contributed by atoms with Gasteiger partial charge in [0.2, 0.25) is 0 Å². The van der Waals surface area contributed by atoms with Crippen molar-refractivity contribution >= 4 is 0 Å². The maximum Gasteiger partial charge on any atom is 0.0454 e. The van der Waals surface area contributed by atoms with Gasteiger partial charge in [-0.1, -0.05) is 0 Å². The van der Waals surface area contributed by atoms with Gasteiger partial charge in [0.15, 0.2) is 0 Å². The normalized spacial score (nSPS) is 21.8. The lowest BCUT2D eigenvalue weighted by atomic mass is 10.1. The van der Waals surface area contributed by atoms with Crippen molar-refractivity contribution in [3.63, 3.8) is 0 Å². The fourth-order valence-electron chi connectivity index (χ4n) is 1.77. The van der Waals surface area contributed by atoms with Gasteiger partial charge in [0.25, 0.3) is 0 Å². The maximum absolute atomic E-state index is 5.91. The molecule has 2 rings (SSSR count). The van der Waals surface area contributed by atoms with Crippen LogP contribution in [0.2, 0.25) is 0 Å². The maximum atomic E-state index is 5.91. The van der Waals surface area contributed by atoms with E-state index in [-0.39, 0.29) is 6.04 Å². The summed E-state index contributed by atoms with van der Waals surface area (Å²) >= 11 is 0. The first-order valence-electron chi connectivity index (χ1n) is 3.99. The molecule has 0 fully saturated rings. The third-order valence-electron chi connectivity index (χ3n) is 2.35. The summed E-state index contributed by atoms with van der Waals surface area (Å²) in [7, 11) is 0. The summed E-state index contributed by atoms with van der Waals surface area (Å²) in [6, 6.07) is 2.27. The molecule has 0 amide bonds. The number of aromatic nitrogens is 1. The van der Waals surface area contributed by atoms with Crippen LogP contribution in [0.25, 0.3) is 0 Å². The monoisotopic (exact) mass is 148 g/mol. The average molecular weight is 148 g/mol. The molecule has 2 nitrogen and oxygen atoms in total. The van der Waals surface area contributed by atoms with E-state index in [2.05, 4.69) is 11.9 Å². The Hall–Kier alpha value is -0.890. The van der Waals surface area contributed by atoms with Crippen LogP contribution in [0.1, 0.15) is 29.3 Å². The summed E-state index contributed by atoms with van der Waals surface area (Å²) in [6.07, 6.45) is 3.98. The average Bonchev–Trinajstić information content (AvgIpc) is 2.34. The number of rotatable bonds is 0. The lowest BCUT2D eigenvalue weighted by Gasteiger charge is -2.06. The van der Waals surface area contributed by atoms with Crippen molar-refractivity contribution in [2.45, 2.75) is 25.8 Å². The molecule has 1 aliphatic rings. The summed E-state index contributed by atoms with van der Waals surface area (Å²) in [5.41, 5.74) is 9.69. The lowest BCUT2D eigenvalue weighted by molar-refractivity contribution is 0.710. The summed E-state index contributed by atoms with van der Waals surface area (Å²) in [5, 5.41) is 0. The van der Waals surface area contributed by atoms with E-state index in [0.29, 0.717) is 0 Å². The zero-order valence-electron chi connectivity index (χ0n) is 6.67. The van der Waals surface area contributed by atoms with Crippen molar-refractivity contribution < 1.29 is 0 Å². The quantitative estimate of drug-likeness (QED) is 0.603. The van der Waals surface area contributed by atoms with Crippen LogP contribution >= 0.6 is 0 Å². The Balaban J connectivity index is 2.58. The first-order chi connectivity index (χ1) is 5.29. The fourth-order valence-corrected chi connectivity index (χ4v) is 1.77. The Bertz CT molecular complexity index is 281. The number of hydrogen-bond donors (Lipinski definition) is 1. The molecular weight excluding hydrogens is 136 g/mol. The molecule has 1 aliphatic carbocycles. The van der Waals surface area contributed by atoms with Gasteiger partial charge in [-0.25, -0.2) is 0 Å². The van der Waals surface area contributed by atoms with Crippen LogP contribution in [0.15, 0.2) is 12.3 Å². The van der Waals surface area contributed by atoms with Crippen molar-refractivity contribution in [3.05, 3.63) is 29.1 Å². The third kappa shape index (κ3) is 0.942. The first-order valence-corrected chi connectivity index (χ1v) is 3.99. The zero-order valence-corrected chi connectivity index (χ0v) is 6.67. The van der Waals surface area contributed by atoms with Crippen molar-refractivity contribution in [3.8, 4) is 0 Å². The molecule has 11 heavy (non-hydrogen) atoms. The highest BCUT2D eigenvalue weighted by molar-refractivity contribution is 5.35. The molecule has 58 valence electrons. The minimum Gasteiger partial charge on any atom is -0.324 e. The Labute approximate surface area is 66.4 Å². The molecular formula is C9H12N2. The predicted octanol–water partition coefficient (Wildman–Crippen LogP) is 1.34. The summed E-state index contributed by atoms with van der Waals surface area (Å²) in [6.45, 7) is 2.10. The van der Waals surface area contributed by atoms with Crippen molar-refractivity contribution in [1.29, 1.82) is 0 Å². The topological polar surface area (TPSA) is 38.9 Å². The van der Waals surface area contributed by atoms with E-state index in [1.165, 1.54) is 16.8 Å². The molecule has 1 heterocycles. The van der Waals surface area contributed by atoms with Gasteiger partial charge in [-0.05, 0) is 37.0 Å². The summed E-state index contributed by atoms with van der Waals surface area (Å²) < 4.78 is 0. The van der Waals surface area contributed by atoms with E-state index < -0.39 is 0 Å². The Morgan fingerprint density at radius 2 is 2.45 bits per heavy atom. The molecule has 2 heteroatoms. The zero-order chi connectivity index (χ0) is 7.84. The second-order valence-electron chi connectivity index (χ2n) is 3.13. The van der Waals surface area contributed by atoms with Crippen LogP contribution in [0, 0.1) is 6.92 Å². The molecule has 0 bridgehead atoms. The molecule has 0 saturated carbocycles. The molecule has 1 aromatic rings. The van der Waals surface area contributed by atoms with Crippen LogP contribution in [0.3, 0.4) is 0 Å². The van der Waals surface area contributed by atoms with Crippen LogP contribution in [0.5, 0.6) is 0 Å². The van der Waals surface area contributed by atoms with Gasteiger partial charge < -0.3 is 5.73 Å². The van der Waals surface area contributed by atoms with Gasteiger partial charge in [-0.3, -0.25) is 4.98 Å². The highest BCUT2D eigenvalue weighted by Gasteiger charge is 2.21. The van der Waals surface area contributed by atoms with E-state index in [1.807, 2.05) is 12.3 Å². The van der Waals surface area contributed by atoms with Gasteiger partial charge in [0.05, 0.1) is 0 Å². The molecule has 2 N–H and O–H groups in total. The van der Waals surface area contributed by atoms with Crippen LogP contribution in [0.4, 0.5) is 0 Å². The first kappa shape index (κ1) is 6.80. The van der Waals surface area contributed by atoms with Gasteiger partial charge in [-0.2, -0.15) is 0 Å². The molecule has 0 saturated heterocycles. The van der Waals surface area contributed by atoms with Gasteiger partial charge in [-0.15, -0.1) is 0 Å². The molecule has 0 spiro atoms. The second kappa shape index (κ2) is 2.31. The number of fused-ring (bicyclic) bond motifs is 1. The number of nitrogens with two attached hydrogens (primary N) is 1. The lowest BCUT2D eigenvalue weighted by Crippen LogP contribution is -2.07. The molecule has 1 atom stereocenters. The van der Waals surface area contributed by atoms with E-state index in [9.17, 15) is 0 Å². The minimum atomic E-state index is 0.235. The van der Waals surface area contributed by atoms with Crippen LogP contribution in [-0.4, -0.2) is 4.98 Å². The van der Waals surface area contributed by atoms with Crippen molar-refractivity contribution in [1.82, 2.24) is 4.98 Å². The van der Waals surface area contributed by atoms with E-state index >= 15 is 0 Å². The molecule has 1 aromatic heterocycles. The number of hydrogen-bond acceptors (Lipinski definition) is 2.